The highest BCUT2D eigenvalue weighted by Gasteiger charge is 1.99. The molecule has 62 valence electrons. The number of hydrogen-bond acceptors (Lipinski definition) is 2. The first kappa shape index (κ1) is 8.27. The Hall–Kier alpha value is -0.830. The fourth-order valence-corrected chi connectivity index (χ4v) is 1.16. The zero-order chi connectivity index (χ0) is 8.27. The Bertz CT molecular complexity index is 227. The molecule has 0 aliphatic rings. The second-order valence-electron chi connectivity index (χ2n) is 2.80. The molecule has 0 bridgehead atoms. The van der Waals surface area contributed by atoms with Crippen LogP contribution >= 0.6 is 0 Å². The number of nitrogens with zero attached hydrogens (tertiary/aromatic N) is 2. The molecule has 0 aliphatic heterocycles. The average molecular weight is 153 g/mol. The number of imidazole rings is 1. The fraction of sp³-hybridized carbons (Fsp3) is 0.625. The summed E-state index contributed by atoms with van der Waals surface area (Å²) in [5.74, 6) is 1.13. The van der Waals surface area contributed by atoms with Crippen LogP contribution in [-0.2, 0) is 13.5 Å². The third kappa shape index (κ3) is 2.05. The van der Waals surface area contributed by atoms with Gasteiger partial charge in [0.1, 0.15) is 5.82 Å². The Balaban J connectivity index is 2.62. The van der Waals surface area contributed by atoms with Gasteiger partial charge in [-0.15, -0.1) is 0 Å². The molecule has 0 aliphatic carbocycles. The number of nitrogens with two attached hydrogens (primary N) is 1. The van der Waals surface area contributed by atoms with E-state index in [9.17, 15) is 0 Å². The van der Waals surface area contributed by atoms with Gasteiger partial charge in [-0.1, -0.05) is 0 Å². The van der Waals surface area contributed by atoms with E-state index < -0.39 is 0 Å². The Morgan fingerprint density at radius 2 is 2.36 bits per heavy atom. The summed E-state index contributed by atoms with van der Waals surface area (Å²) in [5, 5.41) is 0. The first-order valence-electron chi connectivity index (χ1n) is 3.93. The van der Waals surface area contributed by atoms with E-state index in [0.717, 1.165) is 30.9 Å². The maximum absolute atomic E-state index is 5.40. The molecule has 0 spiro atoms. The average Bonchev–Trinajstić information content (AvgIpc) is 2.26. The Morgan fingerprint density at radius 3 is 2.82 bits per heavy atom. The summed E-state index contributed by atoms with van der Waals surface area (Å²) in [7, 11) is 2.02. The highest BCUT2D eigenvalue weighted by atomic mass is 15.0. The number of hydrogen-bond donors (Lipinski definition) is 1. The monoisotopic (exact) mass is 153 g/mol. The van der Waals surface area contributed by atoms with Gasteiger partial charge in [0.05, 0.1) is 5.69 Å². The number of rotatable bonds is 3. The maximum Gasteiger partial charge on any atom is 0.108 e. The van der Waals surface area contributed by atoms with Gasteiger partial charge in [0.2, 0.25) is 0 Å². The van der Waals surface area contributed by atoms with E-state index in [1.165, 1.54) is 0 Å². The summed E-state index contributed by atoms with van der Waals surface area (Å²) in [4.78, 5) is 4.36. The van der Waals surface area contributed by atoms with E-state index in [0.29, 0.717) is 0 Å². The third-order valence-electron chi connectivity index (χ3n) is 1.70. The molecule has 0 unspecified atom stereocenters. The van der Waals surface area contributed by atoms with Crippen LogP contribution in [0.15, 0.2) is 6.20 Å². The zero-order valence-electron chi connectivity index (χ0n) is 7.17. The molecule has 1 heterocycles. The van der Waals surface area contributed by atoms with Crippen molar-refractivity contribution in [3.63, 3.8) is 0 Å². The predicted octanol–water partition coefficient (Wildman–Crippen LogP) is 0.620. The molecule has 0 radical (unpaired) electrons. The molecule has 0 saturated carbocycles. The van der Waals surface area contributed by atoms with Crippen LogP contribution in [0.5, 0.6) is 0 Å². The Kier molecular flexibility index (Phi) is 2.65. The topological polar surface area (TPSA) is 43.8 Å². The molecule has 0 saturated heterocycles. The molecule has 1 aromatic heterocycles. The summed E-state index contributed by atoms with van der Waals surface area (Å²) in [6, 6.07) is 0. The Morgan fingerprint density at radius 1 is 1.64 bits per heavy atom. The van der Waals surface area contributed by atoms with Gasteiger partial charge in [0.25, 0.3) is 0 Å². The Labute approximate surface area is 67.2 Å². The van der Waals surface area contributed by atoms with Crippen molar-refractivity contribution in [2.75, 3.05) is 6.54 Å². The van der Waals surface area contributed by atoms with Crippen LogP contribution in [0.25, 0.3) is 0 Å². The van der Waals surface area contributed by atoms with Gasteiger partial charge in [-0.05, 0) is 19.9 Å². The molecule has 0 fully saturated rings. The van der Waals surface area contributed by atoms with Crippen molar-refractivity contribution in [1.29, 1.82) is 0 Å². The van der Waals surface area contributed by atoms with Crippen molar-refractivity contribution in [3.8, 4) is 0 Å². The van der Waals surface area contributed by atoms with Gasteiger partial charge < -0.3 is 10.3 Å². The minimum Gasteiger partial charge on any atom is -0.338 e. The van der Waals surface area contributed by atoms with Gasteiger partial charge in [-0.3, -0.25) is 0 Å². The summed E-state index contributed by atoms with van der Waals surface area (Å²) >= 11 is 0. The van der Waals surface area contributed by atoms with E-state index in [-0.39, 0.29) is 0 Å². The summed E-state index contributed by atoms with van der Waals surface area (Å²) in [5.41, 5.74) is 6.48. The molecule has 0 aromatic carbocycles. The third-order valence-corrected chi connectivity index (χ3v) is 1.70. The number of aromatic nitrogens is 2. The maximum atomic E-state index is 5.40. The smallest absolute Gasteiger partial charge is 0.108 e. The minimum absolute atomic E-state index is 0.742. The summed E-state index contributed by atoms with van der Waals surface area (Å²) in [6.07, 6.45) is 4.04. The lowest BCUT2D eigenvalue weighted by Gasteiger charge is -1.97. The summed E-state index contributed by atoms with van der Waals surface area (Å²) in [6.45, 7) is 2.75. The lowest BCUT2D eigenvalue weighted by atomic mass is 10.3. The molecule has 1 aromatic rings. The van der Waals surface area contributed by atoms with Crippen LogP contribution in [0.4, 0.5) is 0 Å². The molecule has 3 heteroatoms. The highest BCUT2D eigenvalue weighted by Crippen LogP contribution is 2.01. The van der Waals surface area contributed by atoms with Gasteiger partial charge >= 0.3 is 0 Å². The molecule has 11 heavy (non-hydrogen) atoms. The fourth-order valence-electron chi connectivity index (χ4n) is 1.16. The van der Waals surface area contributed by atoms with Crippen LogP contribution < -0.4 is 5.73 Å². The van der Waals surface area contributed by atoms with E-state index in [1.807, 2.05) is 20.2 Å². The van der Waals surface area contributed by atoms with Gasteiger partial charge in [-0.2, -0.15) is 0 Å². The lowest BCUT2D eigenvalue weighted by molar-refractivity contribution is 0.730. The lowest BCUT2D eigenvalue weighted by Crippen LogP contribution is -2.04. The van der Waals surface area contributed by atoms with Crippen molar-refractivity contribution in [2.24, 2.45) is 12.8 Å². The minimum atomic E-state index is 0.742. The largest absolute Gasteiger partial charge is 0.338 e. The van der Waals surface area contributed by atoms with Crippen LogP contribution in [0.2, 0.25) is 0 Å². The van der Waals surface area contributed by atoms with Crippen molar-refractivity contribution in [3.05, 3.63) is 17.7 Å². The molecular weight excluding hydrogens is 138 g/mol. The normalized spacial score (nSPS) is 10.5. The SMILES string of the molecule is Cc1cn(C)c(CCCN)n1. The van der Waals surface area contributed by atoms with Crippen LogP contribution in [0.1, 0.15) is 17.9 Å². The van der Waals surface area contributed by atoms with Gasteiger partial charge in [-0.25, -0.2) is 4.98 Å². The van der Waals surface area contributed by atoms with Crippen LogP contribution in [0, 0.1) is 6.92 Å². The standard InChI is InChI=1S/C8H15N3/c1-7-6-11(2)8(10-7)4-3-5-9/h6H,3-5,9H2,1-2H3. The van der Waals surface area contributed by atoms with E-state index in [1.54, 1.807) is 0 Å². The quantitative estimate of drug-likeness (QED) is 0.691. The van der Waals surface area contributed by atoms with Crippen molar-refractivity contribution in [1.82, 2.24) is 9.55 Å². The molecule has 3 nitrogen and oxygen atoms in total. The van der Waals surface area contributed by atoms with Crippen molar-refractivity contribution >= 4 is 0 Å². The molecule has 0 atom stereocenters. The van der Waals surface area contributed by atoms with Gasteiger partial charge in [0, 0.05) is 19.7 Å². The second-order valence-corrected chi connectivity index (χ2v) is 2.80. The predicted molar refractivity (Wildman–Crippen MR) is 45.3 cm³/mol. The molecular formula is C8H15N3. The van der Waals surface area contributed by atoms with Crippen molar-refractivity contribution < 1.29 is 0 Å². The molecule has 1 rings (SSSR count). The summed E-state index contributed by atoms with van der Waals surface area (Å²) < 4.78 is 2.06. The van der Waals surface area contributed by atoms with Crippen LogP contribution in [-0.4, -0.2) is 16.1 Å². The highest BCUT2D eigenvalue weighted by molar-refractivity contribution is 5.01. The second kappa shape index (κ2) is 3.53. The van der Waals surface area contributed by atoms with Crippen LogP contribution in [0.3, 0.4) is 0 Å². The van der Waals surface area contributed by atoms with Gasteiger partial charge in [0.15, 0.2) is 0 Å². The first-order valence-corrected chi connectivity index (χ1v) is 3.93. The zero-order valence-corrected chi connectivity index (χ0v) is 7.17. The van der Waals surface area contributed by atoms with Crippen molar-refractivity contribution in [2.45, 2.75) is 19.8 Å². The first-order chi connectivity index (χ1) is 5.24. The molecule has 2 N–H and O–H groups in total. The van der Waals surface area contributed by atoms with E-state index in [2.05, 4.69) is 9.55 Å². The van der Waals surface area contributed by atoms with E-state index >= 15 is 0 Å². The van der Waals surface area contributed by atoms with E-state index in [4.69, 9.17) is 5.73 Å². The molecule has 0 amide bonds. The number of aryl methyl sites for hydroxylation is 3.